The molecule has 3 aromatic rings. The van der Waals surface area contributed by atoms with Gasteiger partial charge in [0.25, 0.3) is 0 Å². The number of ketones is 1. The first kappa shape index (κ1) is 13.6. The van der Waals surface area contributed by atoms with E-state index in [0.717, 1.165) is 16.5 Å². The van der Waals surface area contributed by atoms with E-state index in [1.807, 2.05) is 61.5 Å². The first-order valence-electron chi connectivity index (χ1n) is 6.92. The third-order valence-corrected chi connectivity index (χ3v) is 3.43. The fourth-order valence-electron chi connectivity index (χ4n) is 2.21. The fraction of sp³-hybridized carbons (Fsp3) is 0.167. The molecule has 1 heterocycles. The molecule has 3 rings (SSSR count). The van der Waals surface area contributed by atoms with Crippen LogP contribution in [0.1, 0.15) is 29.1 Å². The Bertz CT molecular complexity index is 710. The first-order chi connectivity index (χ1) is 10.2. The van der Waals surface area contributed by atoms with Gasteiger partial charge in [0.05, 0.1) is 6.10 Å². The molecule has 0 aliphatic heterocycles. The van der Waals surface area contributed by atoms with Crippen molar-refractivity contribution in [1.82, 2.24) is 0 Å². The molecule has 0 N–H and O–H groups in total. The third kappa shape index (κ3) is 3.03. The third-order valence-electron chi connectivity index (χ3n) is 3.43. The molecule has 0 saturated carbocycles. The fourth-order valence-corrected chi connectivity index (χ4v) is 2.21. The maximum atomic E-state index is 12.1. The molecule has 2 aromatic carbocycles. The Balaban J connectivity index is 1.66. The molecule has 0 aliphatic rings. The zero-order valence-electron chi connectivity index (χ0n) is 11.8. The highest BCUT2D eigenvalue weighted by molar-refractivity contribution is 5.98. The molecule has 106 valence electrons. The predicted molar refractivity (Wildman–Crippen MR) is 81.4 cm³/mol. The minimum atomic E-state index is -0.144. The van der Waals surface area contributed by atoms with Crippen molar-refractivity contribution >= 4 is 16.8 Å². The normalized spacial score (nSPS) is 12.4. The van der Waals surface area contributed by atoms with Crippen LogP contribution in [0.5, 0.6) is 0 Å². The molecule has 0 amide bonds. The summed E-state index contributed by atoms with van der Waals surface area (Å²) in [7, 11) is 0. The molecule has 1 atom stereocenters. The van der Waals surface area contributed by atoms with Gasteiger partial charge in [0.1, 0.15) is 12.2 Å². The van der Waals surface area contributed by atoms with E-state index in [1.54, 1.807) is 6.07 Å². The second-order valence-electron chi connectivity index (χ2n) is 4.94. The minimum absolute atomic E-state index is 0.00980. The van der Waals surface area contributed by atoms with E-state index in [2.05, 4.69) is 0 Å². The second kappa shape index (κ2) is 5.94. The van der Waals surface area contributed by atoms with Crippen molar-refractivity contribution < 1.29 is 13.9 Å². The number of rotatable bonds is 5. The molecule has 21 heavy (non-hydrogen) atoms. The number of fused-ring (bicyclic) bond motifs is 1. The Morgan fingerprint density at radius 3 is 2.57 bits per heavy atom. The van der Waals surface area contributed by atoms with Gasteiger partial charge >= 0.3 is 0 Å². The molecule has 1 aromatic heterocycles. The summed E-state index contributed by atoms with van der Waals surface area (Å²) in [4.78, 5) is 12.1. The summed E-state index contributed by atoms with van der Waals surface area (Å²) in [6, 6.07) is 19.2. The molecule has 0 spiro atoms. The molecule has 0 bridgehead atoms. The maximum Gasteiger partial charge on any atom is 0.223 e. The Morgan fingerprint density at radius 2 is 1.81 bits per heavy atom. The van der Waals surface area contributed by atoms with Crippen LogP contribution in [0.15, 0.2) is 65.1 Å². The highest BCUT2D eigenvalue weighted by Crippen LogP contribution is 2.20. The Kier molecular flexibility index (Phi) is 3.84. The lowest BCUT2D eigenvalue weighted by molar-refractivity contribution is 0.0502. The zero-order chi connectivity index (χ0) is 14.7. The van der Waals surface area contributed by atoms with Gasteiger partial charge in [-0.15, -0.1) is 0 Å². The van der Waals surface area contributed by atoms with Gasteiger partial charge in [0.2, 0.25) is 5.78 Å². The van der Waals surface area contributed by atoms with E-state index in [0.29, 0.717) is 5.76 Å². The molecule has 0 fully saturated rings. The van der Waals surface area contributed by atoms with Gasteiger partial charge in [-0.05, 0) is 24.6 Å². The highest BCUT2D eigenvalue weighted by Gasteiger charge is 2.14. The monoisotopic (exact) mass is 280 g/mol. The first-order valence-corrected chi connectivity index (χ1v) is 6.92. The average Bonchev–Trinajstić information content (AvgIpc) is 2.97. The van der Waals surface area contributed by atoms with Gasteiger partial charge in [-0.25, -0.2) is 0 Å². The Hall–Kier alpha value is -2.39. The zero-order valence-corrected chi connectivity index (χ0v) is 11.8. The summed E-state index contributed by atoms with van der Waals surface area (Å²) in [6.07, 6.45) is -0.125. The lowest BCUT2D eigenvalue weighted by Crippen LogP contribution is -2.10. The molecular weight excluding hydrogens is 264 g/mol. The molecule has 1 unspecified atom stereocenters. The SMILES string of the molecule is CC(OCC(=O)c1cc2ccccc2o1)c1ccccc1. The number of hydrogen-bond acceptors (Lipinski definition) is 3. The average molecular weight is 280 g/mol. The van der Waals surface area contributed by atoms with Gasteiger partial charge in [-0.1, -0.05) is 48.5 Å². The summed E-state index contributed by atoms with van der Waals surface area (Å²) in [5.41, 5.74) is 1.77. The topological polar surface area (TPSA) is 39.4 Å². The number of carbonyl (C=O) groups excluding carboxylic acids is 1. The maximum absolute atomic E-state index is 12.1. The van der Waals surface area contributed by atoms with Crippen LogP contribution in [0.2, 0.25) is 0 Å². The van der Waals surface area contributed by atoms with Crippen LogP contribution in [-0.4, -0.2) is 12.4 Å². The van der Waals surface area contributed by atoms with E-state index in [-0.39, 0.29) is 18.5 Å². The molecule has 3 heteroatoms. The summed E-state index contributed by atoms with van der Waals surface area (Å²) < 4.78 is 11.2. The molecular formula is C18H16O3. The molecule has 0 saturated heterocycles. The largest absolute Gasteiger partial charge is 0.453 e. The van der Waals surface area contributed by atoms with Crippen LogP contribution >= 0.6 is 0 Å². The van der Waals surface area contributed by atoms with Crippen LogP contribution < -0.4 is 0 Å². The summed E-state index contributed by atoms with van der Waals surface area (Å²) in [5, 5.41) is 0.928. The number of Topliss-reactive ketones (excluding diaryl/α,β-unsaturated/α-hetero) is 1. The van der Waals surface area contributed by atoms with Gasteiger partial charge in [0, 0.05) is 5.39 Å². The number of furan rings is 1. The van der Waals surface area contributed by atoms with Crippen molar-refractivity contribution in [2.75, 3.05) is 6.61 Å². The lowest BCUT2D eigenvalue weighted by atomic mass is 10.1. The van der Waals surface area contributed by atoms with Crippen LogP contribution in [-0.2, 0) is 4.74 Å². The van der Waals surface area contributed by atoms with E-state index in [4.69, 9.17) is 9.15 Å². The Labute approximate surface area is 123 Å². The molecule has 0 aliphatic carbocycles. The number of benzene rings is 2. The summed E-state index contributed by atoms with van der Waals surface area (Å²) in [5.74, 6) is 0.199. The van der Waals surface area contributed by atoms with E-state index < -0.39 is 0 Å². The van der Waals surface area contributed by atoms with Gasteiger partial charge in [-0.2, -0.15) is 0 Å². The number of hydrogen-bond donors (Lipinski definition) is 0. The molecule has 3 nitrogen and oxygen atoms in total. The van der Waals surface area contributed by atoms with E-state index in [1.165, 1.54) is 0 Å². The smallest absolute Gasteiger partial charge is 0.223 e. The van der Waals surface area contributed by atoms with Crippen molar-refractivity contribution in [3.63, 3.8) is 0 Å². The van der Waals surface area contributed by atoms with Crippen molar-refractivity contribution in [2.24, 2.45) is 0 Å². The second-order valence-corrected chi connectivity index (χ2v) is 4.94. The highest BCUT2D eigenvalue weighted by atomic mass is 16.5. The van der Waals surface area contributed by atoms with Crippen molar-refractivity contribution in [3.8, 4) is 0 Å². The summed E-state index contributed by atoms with van der Waals surface area (Å²) >= 11 is 0. The number of para-hydroxylation sites is 1. The molecule has 0 radical (unpaired) electrons. The standard InChI is InChI=1S/C18H16O3/c1-13(14-7-3-2-4-8-14)20-12-16(19)18-11-15-9-5-6-10-17(15)21-18/h2-11,13H,12H2,1H3. The van der Waals surface area contributed by atoms with Crippen LogP contribution in [0.25, 0.3) is 11.0 Å². The Morgan fingerprint density at radius 1 is 1.10 bits per heavy atom. The van der Waals surface area contributed by atoms with Crippen molar-refractivity contribution in [1.29, 1.82) is 0 Å². The predicted octanol–water partition coefficient (Wildman–Crippen LogP) is 4.39. The van der Waals surface area contributed by atoms with Crippen LogP contribution in [0.3, 0.4) is 0 Å². The number of carbonyl (C=O) groups is 1. The lowest BCUT2D eigenvalue weighted by Gasteiger charge is -2.12. The van der Waals surface area contributed by atoms with Gasteiger partial charge in [0.15, 0.2) is 5.76 Å². The van der Waals surface area contributed by atoms with Gasteiger partial charge < -0.3 is 9.15 Å². The quantitative estimate of drug-likeness (QED) is 0.650. The minimum Gasteiger partial charge on any atom is -0.453 e. The van der Waals surface area contributed by atoms with Crippen molar-refractivity contribution in [3.05, 3.63) is 72.0 Å². The van der Waals surface area contributed by atoms with Crippen LogP contribution in [0.4, 0.5) is 0 Å². The van der Waals surface area contributed by atoms with Crippen LogP contribution in [0, 0.1) is 0 Å². The van der Waals surface area contributed by atoms with E-state index >= 15 is 0 Å². The van der Waals surface area contributed by atoms with Gasteiger partial charge in [-0.3, -0.25) is 4.79 Å². The van der Waals surface area contributed by atoms with Crippen molar-refractivity contribution in [2.45, 2.75) is 13.0 Å². The summed E-state index contributed by atoms with van der Waals surface area (Å²) in [6.45, 7) is 1.94. The van der Waals surface area contributed by atoms with E-state index in [9.17, 15) is 4.79 Å². The number of ether oxygens (including phenoxy) is 1.